The van der Waals surface area contributed by atoms with E-state index in [1.165, 1.54) is 7.11 Å². The van der Waals surface area contributed by atoms with Gasteiger partial charge in [0.1, 0.15) is 17.6 Å². The van der Waals surface area contributed by atoms with Gasteiger partial charge in [0.2, 0.25) is 0 Å². The van der Waals surface area contributed by atoms with E-state index in [4.69, 9.17) is 15.2 Å². The first-order chi connectivity index (χ1) is 13.5. The number of hydrogen-bond acceptors (Lipinski definition) is 7. The van der Waals surface area contributed by atoms with Crippen molar-refractivity contribution in [1.82, 2.24) is 4.90 Å². The Morgan fingerprint density at radius 2 is 1.89 bits per heavy atom. The van der Waals surface area contributed by atoms with E-state index < -0.39 is 11.3 Å². The van der Waals surface area contributed by atoms with Gasteiger partial charge in [-0.3, -0.25) is 0 Å². The van der Waals surface area contributed by atoms with Crippen LogP contribution in [0.25, 0.3) is 0 Å². The quantitative estimate of drug-likeness (QED) is 0.858. The van der Waals surface area contributed by atoms with Crippen LogP contribution in [0.2, 0.25) is 0 Å². The van der Waals surface area contributed by atoms with Crippen LogP contribution >= 0.6 is 0 Å². The number of nitrogens with zero attached hydrogens (tertiary/aromatic N) is 4. The number of benzene rings is 1. The Hall–Kier alpha value is -3.47. The van der Waals surface area contributed by atoms with Gasteiger partial charge in [0, 0.05) is 36.6 Å². The third kappa shape index (κ3) is 2.67. The van der Waals surface area contributed by atoms with Crippen molar-refractivity contribution >= 4 is 0 Å². The molecule has 0 fully saturated rings. The highest BCUT2D eigenvalue weighted by Gasteiger charge is 2.55. The monoisotopic (exact) mass is 375 g/mol. The average Bonchev–Trinajstić information content (AvgIpc) is 2.73. The summed E-state index contributed by atoms with van der Waals surface area (Å²) in [5.74, 6) is 0.283. The Kier molecular flexibility index (Phi) is 5.01. The van der Waals surface area contributed by atoms with Crippen molar-refractivity contribution in [2.45, 2.75) is 5.92 Å². The van der Waals surface area contributed by atoms with Crippen molar-refractivity contribution in [1.29, 1.82) is 15.8 Å². The van der Waals surface area contributed by atoms with Crippen molar-refractivity contribution in [3.05, 3.63) is 46.7 Å². The molecule has 0 unspecified atom stereocenters. The highest BCUT2D eigenvalue weighted by Crippen LogP contribution is 2.55. The SMILES string of the molecule is COc1ccc([C@@H]2[C@H]3CN(C)CC=C3C(C#N)=C(N)C2(C#N)C#N)c(OC)c1. The molecule has 1 aromatic rings. The maximum atomic E-state index is 10.1. The standard InChI is InChI=1S/C21H21N5O2/c1-26-7-6-14-16(9-22)20(25)21(11-23,12-24)19(17(14)10-26)15-5-4-13(27-2)8-18(15)28-3/h4-6,8,17,19H,7,10,25H2,1-3H3/t17-,19+/m0/s1. The van der Waals surface area contributed by atoms with E-state index in [2.05, 4.69) is 23.1 Å². The second-order valence-corrected chi connectivity index (χ2v) is 7.00. The number of allylic oxidation sites excluding steroid dienone is 2. The molecule has 3 rings (SSSR count). The number of nitrogens with two attached hydrogens (primary N) is 1. The van der Waals surface area contributed by atoms with Crippen molar-refractivity contribution in [2.24, 2.45) is 17.1 Å². The van der Waals surface area contributed by atoms with E-state index in [0.717, 1.165) is 5.57 Å². The summed E-state index contributed by atoms with van der Waals surface area (Å²) in [5.41, 5.74) is 6.36. The van der Waals surface area contributed by atoms with Crippen LogP contribution in [0, 0.1) is 45.3 Å². The Balaban J connectivity index is 2.35. The fourth-order valence-corrected chi connectivity index (χ4v) is 4.24. The maximum Gasteiger partial charge on any atom is 0.191 e. The highest BCUT2D eigenvalue weighted by atomic mass is 16.5. The van der Waals surface area contributed by atoms with Gasteiger partial charge in [0.25, 0.3) is 0 Å². The summed E-state index contributed by atoms with van der Waals surface area (Å²) in [4.78, 5) is 2.09. The molecule has 2 aliphatic rings. The molecule has 0 spiro atoms. The van der Waals surface area contributed by atoms with Gasteiger partial charge in [0.05, 0.1) is 37.6 Å². The van der Waals surface area contributed by atoms with Gasteiger partial charge in [-0.05, 0) is 18.7 Å². The van der Waals surface area contributed by atoms with Gasteiger partial charge in [-0.15, -0.1) is 0 Å². The first-order valence-corrected chi connectivity index (χ1v) is 8.81. The topological polar surface area (TPSA) is 119 Å². The van der Waals surface area contributed by atoms with Crippen molar-refractivity contribution < 1.29 is 9.47 Å². The van der Waals surface area contributed by atoms with Crippen LogP contribution < -0.4 is 15.2 Å². The summed E-state index contributed by atoms with van der Waals surface area (Å²) in [7, 11) is 5.05. The van der Waals surface area contributed by atoms with Gasteiger partial charge in [-0.2, -0.15) is 15.8 Å². The molecule has 0 amide bonds. The van der Waals surface area contributed by atoms with Gasteiger partial charge in [-0.1, -0.05) is 12.1 Å². The van der Waals surface area contributed by atoms with Crippen molar-refractivity contribution in [3.8, 4) is 29.7 Å². The van der Waals surface area contributed by atoms with E-state index >= 15 is 0 Å². The summed E-state index contributed by atoms with van der Waals surface area (Å²) in [6.07, 6.45) is 1.96. The number of ether oxygens (including phenoxy) is 2. The van der Waals surface area contributed by atoms with Crippen molar-refractivity contribution in [2.75, 3.05) is 34.4 Å². The molecule has 0 aromatic heterocycles. The molecule has 0 radical (unpaired) electrons. The van der Waals surface area contributed by atoms with Crippen LogP contribution in [-0.2, 0) is 0 Å². The lowest BCUT2D eigenvalue weighted by Gasteiger charge is -2.45. The number of rotatable bonds is 3. The average molecular weight is 375 g/mol. The zero-order valence-corrected chi connectivity index (χ0v) is 16.1. The Morgan fingerprint density at radius 3 is 2.46 bits per heavy atom. The molecule has 2 atom stereocenters. The molecular weight excluding hydrogens is 354 g/mol. The Morgan fingerprint density at radius 1 is 1.18 bits per heavy atom. The van der Waals surface area contributed by atoms with Crippen LogP contribution in [0.15, 0.2) is 41.1 Å². The van der Waals surface area contributed by atoms with Crippen LogP contribution in [0.5, 0.6) is 11.5 Å². The zero-order valence-electron chi connectivity index (χ0n) is 16.1. The normalized spacial score (nSPS) is 23.5. The Labute approximate surface area is 164 Å². The minimum atomic E-state index is -1.67. The maximum absolute atomic E-state index is 10.1. The molecular formula is C21H21N5O2. The second-order valence-electron chi connectivity index (χ2n) is 7.00. The fraction of sp³-hybridized carbons (Fsp3) is 0.381. The molecule has 1 aromatic carbocycles. The first kappa shape index (κ1) is 19.3. The van der Waals surface area contributed by atoms with E-state index in [1.54, 1.807) is 19.2 Å². The van der Waals surface area contributed by atoms with Crippen LogP contribution in [-0.4, -0.2) is 39.3 Å². The molecule has 28 heavy (non-hydrogen) atoms. The fourth-order valence-electron chi connectivity index (χ4n) is 4.24. The molecule has 0 bridgehead atoms. The number of fused-ring (bicyclic) bond motifs is 1. The van der Waals surface area contributed by atoms with E-state index in [9.17, 15) is 15.8 Å². The van der Waals surface area contributed by atoms with Gasteiger partial charge >= 0.3 is 0 Å². The third-order valence-corrected chi connectivity index (χ3v) is 5.62. The molecule has 7 heteroatoms. The molecule has 1 aliphatic carbocycles. The van der Waals surface area contributed by atoms with Gasteiger partial charge in [0.15, 0.2) is 5.41 Å². The van der Waals surface area contributed by atoms with E-state index in [1.807, 2.05) is 19.2 Å². The molecule has 142 valence electrons. The smallest absolute Gasteiger partial charge is 0.191 e. The Bertz CT molecular complexity index is 976. The lowest BCUT2D eigenvalue weighted by atomic mass is 9.58. The molecule has 1 heterocycles. The predicted molar refractivity (Wildman–Crippen MR) is 102 cm³/mol. The summed E-state index contributed by atoms with van der Waals surface area (Å²) in [5, 5.41) is 29.9. The molecule has 0 saturated carbocycles. The predicted octanol–water partition coefficient (Wildman–Crippen LogP) is 2.06. The van der Waals surface area contributed by atoms with E-state index in [-0.39, 0.29) is 17.2 Å². The van der Waals surface area contributed by atoms with Crippen molar-refractivity contribution in [3.63, 3.8) is 0 Å². The van der Waals surface area contributed by atoms with E-state index in [0.29, 0.717) is 30.2 Å². The molecule has 7 nitrogen and oxygen atoms in total. The second kappa shape index (κ2) is 7.27. The number of methoxy groups -OCH3 is 2. The summed E-state index contributed by atoms with van der Waals surface area (Å²) in [6.45, 7) is 1.26. The number of nitriles is 3. The lowest BCUT2D eigenvalue weighted by molar-refractivity contribution is 0.234. The summed E-state index contributed by atoms with van der Waals surface area (Å²) in [6, 6.07) is 11.7. The minimum absolute atomic E-state index is 0.00919. The molecule has 1 aliphatic heterocycles. The third-order valence-electron chi connectivity index (χ3n) is 5.62. The molecule has 0 saturated heterocycles. The zero-order chi connectivity index (χ0) is 20.5. The number of hydrogen-bond donors (Lipinski definition) is 1. The lowest BCUT2D eigenvalue weighted by Crippen LogP contribution is -2.47. The summed E-state index contributed by atoms with van der Waals surface area (Å²) >= 11 is 0. The highest BCUT2D eigenvalue weighted by molar-refractivity contribution is 5.61. The van der Waals surface area contributed by atoms with Gasteiger partial charge in [-0.25, -0.2) is 0 Å². The summed E-state index contributed by atoms with van der Waals surface area (Å²) < 4.78 is 10.8. The minimum Gasteiger partial charge on any atom is -0.497 e. The van der Waals surface area contributed by atoms with Gasteiger partial charge < -0.3 is 20.1 Å². The van der Waals surface area contributed by atoms with Crippen LogP contribution in [0.1, 0.15) is 11.5 Å². The number of likely N-dealkylation sites (N-methyl/N-ethyl adjacent to an activating group) is 1. The largest absolute Gasteiger partial charge is 0.497 e. The van der Waals surface area contributed by atoms with Crippen LogP contribution in [0.3, 0.4) is 0 Å². The molecule has 2 N–H and O–H groups in total. The van der Waals surface area contributed by atoms with Crippen LogP contribution in [0.4, 0.5) is 0 Å². The first-order valence-electron chi connectivity index (χ1n) is 8.81.